The zero-order valence-corrected chi connectivity index (χ0v) is 22.0. The molecule has 0 saturated carbocycles. The molecular weight excluding hydrogens is 468 g/mol. The molecule has 184 valence electrons. The Balaban J connectivity index is 1.69. The van der Waals surface area contributed by atoms with Gasteiger partial charge in [-0.05, 0) is 92.5 Å². The fourth-order valence-corrected chi connectivity index (χ4v) is 6.21. The van der Waals surface area contributed by atoms with E-state index in [-0.39, 0.29) is 17.4 Å². The first-order valence-corrected chi connectivity index (χ1v) is 13.0. The summed E-state index contributed by atoms with van der Waals surface area (Å²) >= 11 is 1.67. The molecule has 5 rings (SSSR count). The molecule has 5 nitrogen and oxygen atoms in total. The van der Waals surface area contributed by atoms with Gasteiger partial charge in [0.2, 0.25) is 5.91 Å². The topological polar surface area (TPSA) is 82.5 Å². The van der Waals surface area contributed by atoms with Crippen LogP contribution in [0.1, 0.15) is 55.1 Å². The molecule has 3 aromatic carbocycles. The molecule has 3 N–H and O–H groups in total. The predicted octanol–water partition coefficient (Wildman–Crippen LogP) is 6.17. The number of nitrogens with zero attached hydrogens (tertiary/aromatic N) is 1. The summed E-state index contributed by atoms with van der Waals surface area (Å²) in [5.74, 6) is 0.334. The van der Waals surface area contributed by atoms with Gasteiger partial charge in [0, 0.05) is 16.1 Å². The molecule has 4 aromatic rings. The van der Waals surface area contributed by atoms with Crippen LogP contribution in [0.2, 0.25) is 0 Å². The normalized spacial score (nSPS) is 14.1. The fourth-order valence-electron chi connectivity index (χ4n) is 5.42. The van der Waals surface area contributed by atoms with Crippen LogP contribution in [0, 0.1) is 34.6 Å². The number of aryl methyl sites for hydroxylation is 7. The van der Waals surface area contributed by atoms with Crippen molar-refractivity contribution in [3.8, 4) is 11.5 Å². The highest BCUT2D eigenvalue weighted by Crippen LogP contribution is 2.50. The first-order valence-electron chi connectivity index (χ1n) is 12.1. The van der Waals surface area contributed by atoms with Gasteiger partial charge < -0.3 is 15.5 Å². The van der Waals surface area contributed by atoms with Gasteiger partial charge in [-0.3, -0.25) is 4.79 Å². The highest BCUT2D eigenvalue weighted by atomic mass is 32.1. The number of fused-ring (bicyclic) bond motifs is 1. The zero-order chi connectivity index (χ0) is 25.8. The minimum absolute atomic E-state index is 0.137. The van der Waals surface area contributed by atoms with E-state index in [1.807, 2.05) is 64.4 Å². The summed E-state index contributed by atoms with van der Waals surface area (Å²) in [5, 5.41) is 24.1. The van der Waals surface area contributed by atoms with Crippen molar-refractivity contribution in [3.63, 3.8) is 0 Å². The SMILES string of the molecule is Cc1cc(C2(c3cc(C)c(O)c(C)c3)C(=O)Nc3cc(CCc4scnc4C)ccc32)cc(C)c1O. The second-order valence-electron chi connectivity index (χ2n) is 9.86. The van der Waals surface area contributed by atoms with E-state index in [1.165, 1.54) is 4.88 Å². The number of nitrogens with one attached hydrogen (secondary N) is 1. The van der Waals surface area contributed by atoms with Gasteiger partial charge >= 0.3 is 0 Å². The molecule has 36 heavy (non-hydrogen) atoms. The number of phenols is 2. The molecular formula is C30H30N2O3S. The summed E-state index contributed by atoms with van der Waals surface area (Å²) < 4.78 is 0. The molecule has 0 radical (unpaired) electrons. The van der Waals surface area contributed by atoms with E-state index in [9.17, 15) is 15.0 Å². The molecule has 0 saturated heterocycles. The lowest BCUT2D eigenvalue weighted by molar-refractivity contribution is -0.118. The van der Waals surface area contributed by atoms with Crippen molar-refractivity contribution in [3.05, 3.63) is 103 Å². The number of thiazole rings is 1. The number of carbonyl (C=O) groups is 1. The number of rotatable bonds is 5. The average Bonchev–Trinajstić information content (AvgIpc) is 3.38. The van der Waals surface area contributed by atoms with Crippen molar-refractivity contribution in [2.75, 3.05) is 5.32 Å². The molecule has 0 atom stereocenters. The van der Waals surface area contributed by atoms with E-state index in [0.29, 0.717) is 0 Å². The zero-order valence-electron chi connectivity index (χ0n) is 21.2. The second kappa shape index (κ2) is 8.79. The van der Waals surface area contributed by atoms with Crippen LogP contribution in [0.4, 0.5) is 5.69 Å². The fraction of sp³-hybridized carbons (Fsp3) is 0.267. The lowest BCUT2D eigenvalue weighted by atomic mass is 9.69. The van der Waals surface area contributed by atoms with Gasteiger partial charge in [-0.25, -0.2) is 4.98 Å². The number of aromatic hydroxyl groups is 2. The third-order valence-electron chi connectivity index (χ3n) is 7.41. The standard InChI is InChI=1S/C30H30N2O3S/c1-16-10-22(11-17(2)27(16)33)30(23-12-18(3)28(34)19(4)13-23)24-8-6-21(14-25(24)32-29(30)35)7-9-26-20(5)31-15-36-26/h6,8,10-15,33-34H,7,9H2,1-5H3,(H,32,35). The summed E-state index contributed by atoms with van der Waals surface area (Å²) in [5.41, 5.74) is 9.13. The smallest absolute Gasteiger partial charge is 0.244 e. The average molecular weight is 499 g/mol. The number of benzene rings is 3. The lowest BCUT2D eigenvalue weighted by Gasteiger charge is -2.31. The third-order valence-corrected chi connectivity index (χ3v) is 8.41. The third kappa shape index (κ3) is 3.68. The minimum Gasteiger partial charge on any atom is -0.507 e. The number of amides is 1. The first-order chi connectivity index (χ1) is 17.1. The molecule has 2 heterocycles. The number of carbonyl (C=O) groups excluding carboxylic acids is 1. The maximum absolute atomic E-state index is 14.0. The van der Waals surface area contributed by atoms with Crippen LogP contribution in [-0.4, -0.2) is 21.1 Å². The van der Waals surface area contributed by atoms with E-state index in [2.05, 4.69) is 28.5 Å². The number of anilines is 1. The van der Waals surface area contributed by atoms with Crippen LogP contribution < -0.4 is 5.32 Å². The molecule has 1 aliphatic rings. The summed E-state index contributed by atoms with van der Waals surface area (Å²) in [4.78, 5) is 19.7. The van der Waals surface area contributed by atoms with Crippen molar-refractivity contribution >= 4 is 22.9 Å². The molecule has 0 unspecified atom stereocenters. The van der Waals surface area contributed by atoms with Crippen LogP contribution in [0.5, 0.6) is 11.5 Å². The van der Waals surface area contributed by atoms with Crippen molar-refractivity contribution in [2.45, 2.75) is 52.9 Å². The van der Waals surface area contributed by atoms with E-state index >= 15 is 0 Å². The quantitative estimate of drug-likeness (QED) is 0.307. The number of aromatic nitrogens is 1. The van der Waals surface area contributed by atoms with Gasteiger partial charge in [-0.2, -0.15) is 0 Å². The van der Waals surface area contributed by atoms with Crippen LogP contribution >= 0.6 is 11.3 Å². The molecule has 0 fully saturated rings. The van der Waals surface area contributed by atoms with Gasteiger partial charge in [0.15, 0.2) is 0 Å². The lowest BCUT2D eigenvalue weighted by Crippen LogP contribution is -2.37. The largest absolute Gasteiger partial charge is 0.507 e. The van der Waals surface area contributed by atoms with E-state index in [0.717, 1.165) is 68.7 Å². The van der Waals surface area contributed by atoms with E-state index in [4.69, 9.17) is 0 Å². The maximum atomic E-state index is 14.0. The van der Waals surface area contributed by atoms with Crippen molar-refractivity contribution < 1.29 is 15.0 Å². The molecule has 1 amide bonds. The molecule has 1 aliphatic heterocycles. The summed E-state index contributed by atoms with van der Waals surface area (Å²) in [6.07, 6.45) is 1.76. The highest BCUT2D eigenvalue weighted by molar-refractivity contribution is 7.09. The summed E-state index contributed by atoms with van der Waals surface area (Å²) in [6.45, 7) is 9.44. The first kappa shape index (κ1) is 24.1. The molecule has 0 spiro atoms. The minimum atomic E-state index is -1.10. The molecule has 1 aromatic heterocycles. The molecule has 0 bridgehead atoms. The second-order valence-corrected chi connectivity index (χ2v) is 10.8. The summed E-state index contributed by atoms with van der Waals surface area (Å²) in [7, 11) is 0. The monoisotopic (exact) mass is 498 g/mol. The Kier molecular flexibility index (Phi) is 5.87. The Morgan fingerprint density at radius 3 is 1.89 bits per heavy atom. The van der Waals surface area contributed by atoms with E-state index < -0.39 is 5.41 Å². The van der Waals surface area contributed by atoms with E-state index in [1.54, 1.807) is 11.3 Å². The van der Waals surface area contributed by atoms with Gasteiger partial charge in [0.1, 0.15) is 16.9 Å². The van der Waals surface area contributed by atoms with Crippen molar-refractivity contribution in [1.82, 2.24) is 4.98 Å². The Hall–Kier alpha value is -3.64. The maximum Gasteiger partial charge on any atom is 0.244 e. The van der Waals surface area contributed by atoms with Crippen LogP contribution in [-0.2, 0) is 23.1 Å². The van der Waals surface area contributed by atoms with Gasteiger partial charge in [-0.15, -0.1) is 11.3 Å². The van der Waals surface area contributed by atoms with Crippen LogP contribution in [0.3, 0.4) is 0 Å². The van der Waals surface area contributed by atoms with Crippen LogP contribution in [0.25, 0.3) is 0 Å². The Morgan fingerprint density at radius 1 is 0.833 bits per heavy atom. The number of hydrogen-bond acceptors (Lipinski definition) is 5. The van der Waals surface area contributed by atoms with Gasteiger partial charge in [-0.1, -0.05) is 36.4 Å². The summed E-state index contributed by atoms with van der Waals surface area (Å²) in [6, 6.07) is 13.8. The predicted molar refractivity (Wildman–Crippen MR) is 144 cm³/mol. The number of hydrogen-bond donors (Lipinski definition) is 3. The molecule has 6 heteroatoms. The van der Waals surface area contributed by atoms with Crippen LogP contribution in [0.15, 0.2) is 48.0 Å². The van der Waals surface area contributed by atoms with Gasteiger partial charge in [0.05, 0.1) is 11.2 Å². The highest BCUT2D eigenvalue weighted by Gasteiger charge is 2.50. The van der Waals surface area contributed by atoms with Crippen molar-refractivity contribution in [1.29, 1.82) is 0 Å². The number of phenolic OH excluding ortho intramolecular Hbond substituents is 2. The van der Waals surface area contributed by atoms with Crippen molar-refractivity contribution in [2.24, 2.45) is 0 Å². The Morgan fingerprint density at radius 2 is 1.39 bits per heavy atom. The Labute approximate surface area is 215 Å². The Bertz CT molecular complexity index is 1420. The van der Waals surface area contributed by atoms with Gasteiger partial charge in [0.25, 0.3) is 0 Å². The molecule has 0 aliphatic carbocycles.